The number of hydrogen-bond donors (Lipinski definition) is 2. The van der Waals surface area contributed by atoms with Crippen LogP contribution in [0.2, 0.25) is 0 Å². The minimum Gasteiger partial charge on any atom is -0.478 e. The lowest BCUT2D eigenvalue weighted by Crippen LogP contribution is -2.22. The Morgan fingerprint density at radius 1 is 1.73 bits per heavy atom. The van der Waals surface area contributed by atoms with Gasteiger partial charge in [-0.3, -0.25) is 0 Å². The van der Waals surface area contributed by atoms with Crippen LogP contribution in [-0.4, -0.2) is 16.2 Å². The fourth-order valence-corrected chi connectivity index (χ4v) is 2.37. The third kappa shape index (κ3) is 2.67. The summed E-state index contributed by atoms with van der Waals surface area (Å²) < 4.78 is 0. The van der Waals surface area contributed by atoms with Crippen LogP contribution >= 0.6 is 11.3 Å². The Hall–Kier alpha value is -1.13. The van der Waals surface area contributed by atoms with Gasteiger partial charge in [-0.2, -0.15) is 0 Å². The van der Waals surface area contributed by atoms with Gasteiger partial charge in [-0.1, -0.05) is 6.08 Å². The van der Waals surface area contributed by atoms with Crippen LogP contribution in [-0.2, 0) is 5.60 Å². The summed E-state index contributed by atoms with van der Waals surface area (Å²) >= 11 is 1.27. The number of thiophene rings is 1. The number of rotatable bonds is 5. The number of carbonyl (C=O) groups is 1. The maximum Gasteiger partial charge on any atom is 0.336 e. The number of allylic oxidation sites excluding steroid dienone is 1. The highest BCUT2D eigenvalue weighted by molar-refractivity contribution is 7.10. The molecule has 1 aromatic rings. The second kappa shape index (κ2) is 4.59. The zero-order valence-corrected chi connectivity index (χ0v) is 9.38. The molecular formula is C11H14O3S. The minimum absolute atomic E-state index is 0.189. The fraction of sp³-hybridized carbons (Fsp3) is 0.364. The number of carboxylic acids is 1. The molecule has 1 unspecified atom stereocenters. The van der Waals surface area contributed by atoms with Gasteiger partial charge in [0.25, 0.3) is 0 Å². The molecule has 0 aliphatic heterocycles. The van der Waals surface area contributed by atoms with Crippen LogP contribution in [0.5, 0.6) is 0 Å². The number of carboxylic acid groups (broad SMARTS) is 1. The summed E-state index contributed by atoms with van der Waals surface area (Å²) in [6.45, 7) is 5.21. The molecule has 1 heterocycles. The predicted molar refractivity (Wildman–Crippen MR) is 60.3 cm³/mol. The van der Waals surface area contributed by atoms with Crippen LogP contribution in [0.1, 0.15) is 35.0 Å². The van der Waals surface area contributed by atoms with Crippen molar-refractivity contribution in [3.63, 3.8) is 0 Å². The van der Waals surface area contributed by atoms with Crippen molar-refractivity contribution >= 4 is 17.3 Å². The quantitative estimate of drug-likeness (QED) is 0.759. The molecule has 2 N–H and O–H groups in total. The molecule has 0 spiro atoms. The van der Waals surface area contributed by atoms with Gasteiger partial charge in [0.2, 0.25) is 0 Å². The van der Waals surface area contributed by atoms with Crippen molar-refractivity contribution in [2.45, 2.75) is 25.4 Å². The van der Waals surface area contributed by atoms with Crippen LogP contribution in [0.3, 0.4) is 0 Å². The zero-order chi connectivity index (χ0) is 11.5. The molecule has 4 heteroatoms. The van der Waals surface area contributed by atoms with Crippen molar-refractivity contribution in [2.24, 2.45) is 0 Å². The van der Waals surface area contributed by atoms with Crippen molar-refractivity contribution < 1.29 is 15.0 Å². The van der Waals surface area contributed by atoms with Gasteiger partial charge in [-0.05, 0) is 31.2 Å². The molecule has 15 heavy (non-hydrogen) atoms. The average Bonchev–Trinajstić information content (AvgIpc) is 2.63. The monoisotopic (exact) mass is 226 g/mol. The first kappa shape index (κ1) is 11.9. The van der Waals surface area contributed by atoms with E-state index in [0.29, 0.717) is 17.7 Å². The Morgan fingerprint density at radius 2 is 2.40 bits per heavy atom. The number of aliphatic hydroxyl groups is 1. The van der Waals surface area contributed by atoms with Crippen LogP contribution in [0, 0.1) is 0 Å². The van der Waals surface area contributed by atoms with E-state index in [9.17, 15) is 9.90 Å². The molecular weight excluding hydrogens is 212 g/mol. The molecule has 0 aromatic carbocycles. The highest BCUT2D eigenvalue weighted by atomic mass is 32.1. The molecule has 0 aliphatic rings. The third-order valence-electron chi connectivity index (χ3n) is 2.22. The maximum atomic E-state index is 10.9. The van der Waals surface area contributed by atoms with E-state index >= 15 is 0 Å². The van der Waals surface area contributed by atoms with Crippen molar-refractivity contribution in [1.29, 1.82) is 0 Å². The van der Waals surface area contributed by atoms with Crippen LogP contribution in [0.15, 0.2) is 24.1 Å². The van der Waals surface area contributed by atoms with E-state index in [-0.39, 0.29) is 5.56 Å². The van der Waals surface area contributed by atoms with Crippen molar-refractivity contribution in [1.82, 2.24) is 0 Å². The molecule has 0 saturated carbocycles. The summed E-state index contributed by atoms with van der Waals surface area (Å²) in [5.41, 5.74) is -0.898. The van der Waals surface area contributed by atoms with E-state index in [1.54, 1.807) is 18.4 Å². The molecule has 82 valence electrons. The molecule has 0 amide bonds. The Balaban J connectivity index is 2.98. The first-order valence-corrected chi connectivity index (χ1v) is 5.51. The Kier molecular flexibility index (Phi) is 3.66. The summed E-state index contributed by atoms with van der Waals surface area (Å²) in [6.07, 6.45) is 2.85. The average molecular weight is 226 g/mol. The Bertz CT molecular complexity index is 366. The third-order valence-corrected chi connectivity index (χ3v) is 3.39. The van der Waals surface area contributed by atoms with Gasteiger partial charge in [-0.15, -0.1) is 17.9 Å². The first-order valence-electron chi connectivity index (χ1n) is 4.63. The second-order valence-electron chi connectivity index (χ2n) is 3.57. The fourth-order valence-electron chi connectivity index (χ4n) is 1.39. The van der Waals surface area contributed by atoms with Crippen LogP contribution < -0.4 is 0 Å². The first-order chi connectivity index (χ1) is 6.99. The van der Waals surface area contributed by atoms with Gasteiger partial charge >= 0.3 is 5.97 Å². The Labute approximate surface area is 92.7 Å². The van der Waals surface area contributed by atoms with Gasteiger partial charge in [0.05, 0.1) is 16.0 Å². The summed E-state index contributed by atoms with van der Waals surface area (Å²) in [7, 11) is 0. The number of hydrogen-bond acceptors (Lipinski definition) is 3. The van der Waals surface area contributed by atoms with Crippen molar-refractivity contribution in [3.05, 3.63) is 34.5 Å². The lowest BCUT2D eigenvalue weighted by molar-refractivity contribution is 0.0483. The van der Waals surface area contributed by atoms with Gasteiger partial charge in [0.1, 0.15) is 0 Å². The topological polar surface area (TPSA) is 57.5 Å². The van der Waals surface area contributed by atoms with Crippen molar-refractivity contribution in [3.8, 4) is 0 Å². The second-order valence-corrected chi connectivity index (χ2v) is 4.49. The smallest absolute Gasteiger partial charge is 0.336 e. The normalized spacial score (nSPS) is 14.5. The SMILES string of the molecule is C=CCCC(C)(O)c1sccc1C(=O)O. The lowest BCUT2D eigenvalue weighted by atomic mass is 9.95. The number of aromatic carboxylic acids is 1. The van der Waals surface area contributed by atoms with E-state index < -0.39 is 11.6 Å². The van der Waals surface area contributed by atoms with Gasteiger partial charge in [-0.25, -0.2) is 4.79 Å². The van der Waals surface area contributed by atoms with E-state index in [0.717, 1.165) is 0 Å². The standard InChI is InChI=1S/C11H14O3S/c1-3-4-6-11(2,14)9-8(10(12)13)5-7-15-9/h3,5,7,14H,1,4,6H2,2H3,(H,12,13). The van der Waals surface area contributed by atoms with E-state index in [2.05, 4.69) is 6.58 Å². The highest BCUT2D eigenvalue weighted by Gasteiger charge is 2.28. The molecule has 1 rings (SSSR count). The molecule has 0 bridgehead atoms. The minimum atomic E-state index is -1.09. The summed E-state index contributed by atoms with van der Waals surface area (Å²) in [5.74, 6) is -0.995. The molecule has 0 radical (unpaired) electrons. The molecule has 1 aromatic heterocycles. The van der Waals surface area contributed by atoms with Gasteiger partial charge < -0.3 is 10.2 Å². The van der Waals surface area contributed by atoms with Crippen LogP contribution in [0.4, 0.5) is 0 Å². The van der Waals surface area contributed by atoms with Gasteiger partial charge in [0, 0.05) is 0 Å². The van der Waals surface area contributed by atoms with E-state index in [1.807, 2.05) is 0 Å². The van der Waals surface area contributed by atoms with E-state index in [1.165, 1.54) is 17.4 Å². The molecule has 1 atom stereocenters. The Morgan fingerprint density at radius 3 is 2.93 bits per heavy atom. The molecule has 0 saturated heterocycles. The molecule has 3 nitrogen and oxygen atoms in total. The summed E-state index contributed by atoms with van der Waals surface area (Å²) in [5, 5.41) is 20.7. The highest BCUT2D eigenvalue weighted by Crippen LogP contribution is 2.33. The van der Waals surface area contributed by atoms with Gasteiger partial charge in [0.15, 0.2) is 0 Å². The van der Waals surface area contributed by atoms with E-state index in [4.69, 9.17) is 5.11 Å². The zero-order valence-electron chi connectivity index (χ0n) is 8.56. The summed E-state index contributed by atoms with van der Waals surface area (Å²) in [6, 6.07) is 1.52. The maximum absolute atomic E-state index is 10.9. The van der Waals surface area contributed by atoms with Crippen LogP contribution in [0.25, 0.3) is 0 Å². The van der Waals surface area contributed by atoms with Crippen molar-refractivity contribution in [2.75, 3.05) is 0 Å². The largest absolute Gasteiger partial charge is 0.478 e. The molecule has 0 fully saturated rings. The molecule has 0 aliphatic carbocycles. The predicted octanol–water partition coefficient (Wildman–Crippen LogP) is 2.62. The summed E-state index contributed by atoms with van der Waals surface area (Å²) in [4.78, 5) is 11.4. The lowest BCUT2D eigenvalue weighted by Gasteiger charge is -2.22.